The zero-order valence-corrected chi connectivity index (χ0v) is 16.4. The molecule has 0 bridgehead atoms. The molecule has 3 aromatic rings. The predicted molar refractivity (Wildman–Crippen MR) is 106 cm³/mol. The average Bonchev–Trinajstić information content (AvgIpc) is 3.11. The molecule has 1 aromatic heterocycles. The number of aromatic amines is 1. The van der Waals surface area contributed by atoms with Crippen molar-refractivity contribution in [3.8, 4) is 28.6 Å². The lowest BCUT2D eigenvalue weighted by Gasteiger charge is -2.09. The highest BCUT2D eigenvalue weighted by molar-refractivity contribution is 7.71. The zero-order valence-electron chi connectivity index (χ0n) is 15.6. The first kappa shape index (κ1) is 20.1. The van der Waals surface area contributed by atoms with Gasteiger partial charge < -0.3 is 24.1 Å². The first-order valence-corrected chi connectivity index (χ1v) is 8.79. The third-order valence-electron chi connectivity index (χ3n) is 3.85. The minimum atomic E-state index is -1.28. The van der Waals surface area contributed by atoms with E-state index in [2.05, 4.69) is 15.3 Å². The normalized spacial score (nSPS) is 10.8. The van der Waals surface area contributed by atoms with Crippen LogP contribution in [0, 0.1) is 4.77 Å². The standard InChI is InChI=1S/C19H18N4O5S/c1-26-15-8-5-13(9-16(15)27-2)18-21-22-19(29)23(18)20-10-12-3-6-14(7-4-12)28-11-17(24)25/h3-10H,11H2,1-2H3,(H,22,29)(H,24,25)/p-1/b20-10-. The molecule has 0 saturated heterocycles. The van der Waals surface area contributed by atoms with Crippen molar-refractivity contribution in [2.75, 3.05) is 20.8 Å². The molecule has 29 heavy (non-hydrogen) atoms. The van der Waals surface area contributed by atoms with Gasteiger partial charge in [0.1, 0.15) is 12.4 Å². The Labute approximate surface area is 171 Å². The highest BCUT2D eigenvalue weighted by atomic mass is 32.1. The number of nitrogens with one attached hydrogen (secondary N) is 1. The number of benzene rings is 2. The van der Waals surface area contributed by atoms with Gasteiger partial charge in [-0.3, -0.25) is 0 Å². The summed E-state index contributed by atoms with van der Waals surface area (Å²) in [6, 6.07) is 12.1. The maximum Gasteiger partial charge on any atom is 0.216 e. The fourth-order valence-electron chi connectivity index (χ4n) is 2.48. The molecule has 0 radical (unpaired) electrons. The maximum atomic E-state index is 10.4. The Bertz CT molecular complexity index is 1090. The number of rotatable bonds is 8. The number of methoxy groups -OCH3 is 2. The molecule has 10 heteroatoms. The SMILES string of the molecule is COc1ccc(-c2n[nH]c(=S)n2/N=C\c2ccc(OCC(=O)[O-])cc2)cc1OC. The lowest BCUT2D eigenvalue weighted by atomic mass is 10.2. The third kappa shape index (κ3) is 4.79. The molecule has 0 aliphatic heterocycles. The van der Waals surface area contributed by atoms with Crippen LogP contribution >= 0.6 is 12.2 Å². The molecular weight excluding hydrogens is 396 g/mol. The quantitative estimate of drug-likeness (QED) is 0.441. The molecule has 0 spiro atoms. The highest BCUT2D eigenvalue weighted by Crippen LogP contribution is 2.31. The summed E-state index contributed by atoms with van der Waals surface area (Å²) in [6.07, 6.45) is 1.60. The second-order valence-corrected chi connectivity index (χ2v) is 6.09. The molecule has 0 fully saturated rings. The van der Waals surface area contributed by atoms with Gasteiger partial charge in [-0.1, -0.05) is 0 Å². The van der Waals surface area contributed by atoms with Crippen LogP contribution in [0.2, 0.25) is 0 Å². The van der Waals surface area contributed by atoms with Gasteiger partial charge in [-0.25, -0.2) is 5.10 Å². The van der Waals surface area contributed by atoms with Gasteiger partial charge in [0.2, 0.25) is 4.77 Å². The van der Waals surface area contributed by atoms with Crippen LogP contribution < -0.4 is 19.3 Å². The van der Waals surface area contributed by atoms with Crippen LogP contribution in [0.5, 0.6) is 17.2 Å². The lowest BCUT2D eigenvalue weighted by molar-refractivity contribution is -0.307. The summed E-state index contributed by atoms with van der Waals surface area (Å²) >= 11 is 5.27. The number of nitrogens with zero attached hydrogens (tertiary/aromatic N) is 3. The van der Waals surface area contributed by atoms with Crippen molar-refractivity contribution >= 4 is 24.4 Å². The molecule has 0 aliphatic rings. The summed E-state index contributed by atoms with van der Waals surface area (Å²) in [5, 5.41) is 21.8. The largest absolute Gasteiger partial charge is 0.546 e. The minimum Gasteiger partial charge on any atom is -0.546 e. The molecular formula is C19H17N4O5S-. The van der Waals surface area contributed by atoms with Gasteiger partial charge in [0.15, 0.2) is 17.3 Å². The van der Waals surface area contributed by atoms with Crippen molar-refractivity contribution in [2.24, 2.45) is 5.10 Å². The van der Waals surface area contributed by atoms with E-state index in [4.69, 9.17) is 26.4 Å². The van der Waals surface area contributed by atoms with E-state index in [9.17, 15) is 9.90 Å². The molecule has 9 nitrogen and oxygen atoms in total. The summed E-state index contributed by atoms with van der Waals surface area (Å²) in [5.74, 6) is 0.786. The van der Waals surface area contributed by atoms with E-state index in [1.54, 1.807) is 56.8 Å². The number of ether oxygens (including phenoxy) is 3. The van der Waals surface area contributed by atoms with Crippen LogP contribution in [0.15, 0.2) is 47.6 Å². The summed E-state index contributed by atoms with van der Waals surface area (Å²) < 4.78 is 17.4. The number of carbonyl (C=O) groups is 1. The smallest absolute Gasteiger partial charge is 0.216 e. The Balaban J connectivity index is 1.85. The number of H-pyrrole nitrogens is 1. The lowest BCUT2D eigenvalue weighted by Crippen LogP contribution is -2.28. The van der Waals surface area contributed by atoms with Crippen LogP contribution in [0.3, 0.4) is 0 Å². The van der Waals surface area contributed by atoms with E-state index in [1.165, 1.54) is 4.68 Å². The Kier molecular flexibility index (Phi) is 6.25. The Morgan fingerprint density at radius 1 is 1.21 bits per heavy atom. The van der Waals surface area contributed by atoms with E-state index in [-0.39, 0.29) is 0 Å². The Morgan fingerprint density at radius 2 is 1.93 bits per heavy atom. The number of aliphatic carboxylic acids is 1. The fraction of sp³-hybridized carbons (Fsp3) is 0.158. The van der Waals surface area contributed by atoms with E-state index in [0.717, 1.165) is 11.1 Å². The number of carboxylic acid groups (broad SMARTS) is 1. The van der Waals surface area contributed by atoms with E-state index in [1.807, 2.05) is 6.07 Å². The molecule has 1 N–H and O–H groups in total. The van der Waals surface area contributed by atoms with Crippen molar-refractivity contribution in [1.82, 2.24) is 14.9 Å². The van der Waals surface area contributed by atoms with Crippen LogP contribution in [-0.2, 0) is 4.79 Å². The number of hydrogen-bond donors (Lipinski definition) is 1. The number of aromatic nitrogens is 3. The van der Waals surface area contributed by atoms with Crippen molar-refractivity contribution in [1.29, 1.82) is 0 Å². The number of carbonyl (C=O) groups excluding carboxylic acids is 1. The molecule has 1 heterocycles. The van der Waals surface area contributed by atoms with Crippen molar-refractivity contribution in [3.63, 3.8) is 0 Å². The van der Waals surface area contributed by atoms with Gasteiger partial charge in [0, 0.05) is 5.56 Å². The second-order valence-electron chi connectivity index (χ2n) is 5.71. The van der Waals surface area contributed by atoms with Crippen molar-refractivity contribution in [3.05, 3.63) is 52.8 Å². The molecule has 0 unspecified atom stereocenters. The zero-order chi connectivity index (χ0) is 20.8. The summed E-state index contributed by atoms with van der Waals surface area (Å²) in [4.78, 5) is 10.4. The molecule has 0 atom stereocenters. The molecule has 0 amide bonds. The Hall–Kier alpha value is -3.66. The summed E-state index contributed by atoms with van der Waals surface area (Å²) in [6.45, 7) is -0.508. The van der Waals surface area contributed by atoms with Gasteiger partial charge in [-0.05, 0) is 60.2 Å². The molecule has 0 saturated carbocycles. The molecule has 0 aliphatic carbocycles. The summed E-state index contributed by atoms with van der Waals surface area (Å²) in [7, 11) is 3.12. The maximum absolute atomic E-state index is 10.4. The minimum absolute atomic E-state index is 0.319. The van der Waals surface area contributed by atoms with Gasteiger partial charge >= 0.3 is 0 Å². The number of carboxylic acids is 1. The van der Waals surface area contributed by atoms with Gasteiger partial charge in [-0.15, -0.1) is 0 Å². The van der Waals surface area contributed by atoms with Crippen LogP contribution in [-0.4, -0.2) is 47.9 Å². The molecule has 3 rings (SSSR count). The predicted octanol–water partition coefficient (Wildman–Crippen LogP) is 1.64. The van der Waals surface area contributed by atoms with E-state index in [0.29, 0.717) is 27.8 Å². The monoisotopic (exact) mass is 413 g/mol. The van der Waals surface area contributed by atoms with Crippen LogP contribution in [0.4, 0.5) is 0 Å². The summed E-state index contributed by atoms with van der Waals surface area (Å²) in [5.41, 5.74) is 1.49. The highest BCUT2D eigenvalue weighted by Gasteiger charge is 2.12. The third-order valence-corrected chi connectivity index (χ3v) is 4.12. The van der Waals surface area contributed by atoms with Gasteiger partial charge in [-0.2, -0.15) is 14.9 Å². The molecule has 150 valence electrons. The average molecular weight is 413 g/mol. The van der Waals surface area contributed by atoms with Gasteiger partial charge in [0.25, 0.3) is 0 Å². The van der Waals surface area contributed by atoms with Crippen LogP contribution in [0.1, 0.15) is 5.56 Å². The van der Waals surface area contributed by atoms with Crippen molar-refractivity contribution in [2.45, 2.75) is 0 Å². The molecule has 2 aromatic carbocycles. The first-order valence-electron chi connectivity index (χ1n) is 8.38. The van der Waals surface area contributed by atoms with E-state index < -0.39 is 12.6 Å². The Morgan fingerprint density at radius 3 is 2.59 bits per heavy atom. The second kappa shape index (κ2) is 9.02. The van der Waals surface area contributed by atoms with Crippen molar-refractivity contribution < 1.29 is 24.1 Å². The topological polar surface area (TPSA) is 114 Å². The first-order chi connectivity index (χ1) is 14.0. The fourth-order valence-corrected chi connectivity index (χ4v) is 2.66. The van der Waals surface area contributed by atoms with Crippen LogP contribution in [0.25, 0.3) is 11.4 Å². The van der Waals surface area contributed by atoms with Gasteiger partial charge in [0.05, 0.1) is 26.4 Å². The number of hydrogen-bond acceptors (Lipinski definition) is 8. The van der Waals surface area contributed by atoms with E-state index >= 15 is 0 Å².